The fourth-order valence-electron chi connectivity index (χ4n) is 3.69. The molecule has 1 aliphatic carbocycles. The highest BCUT2D eigenvalue weighted by Gasteiger charge is 2.69. The number of aliphatic imine (C=N–C) groups is 1. The molecule has 2 nitrogen and oxygen atoms in total. The molecule has 0 saturated heterocycles. The molecule has 0 bridgehead atoms. The van der Waals surface area contributed by atoms with Gasteiger partial charge in [0.15, 0.2) is 0 Å². The van der Waals surface area contributed by atoms with Crippen LogP contribution in [0.4, 0.5) is 8.78 Å². The summed E-state index contributed by atoms with van der Waals surface area (Å²) in [6, 6.07) is 0. The van der Waals surface area contributed by atoms with E-state index in [0.717, 1.165) is 12.8 Å². The Bertz CT molecular complexity index is 507. The van der Waals surface area contributed by atoms with Gasteiger partial charge < -0.3 is 5.73 Å². The molecule has 0 radical (unpaired) electrons. The van der Waals surface area contributed by atoms with Crippen molar-refractivity contribution in [2.45, 2.75) is 52.9 Å². The first-order chi connectivity index (χ1) is 9.59. The fourth-order valence-corrected chi connectivity index (χ4v) is 3.69. The Kier molecular flexibility index (Phi) is 3.79. The molecule has 4 heteroatoms. The third-order valence-corrected chi connectivity index (χ3v) is 5.92. The van der Waals surface area contributed by atoms with E-state index in [1.807, 2.05) is 0 Å². The lowest BCUT2D eigenvalue weighted by molar-refractivity contribution is -0.210. The zero-order valence-corrected chi connectivity index (χ0v) is 13.4. The van der Waals surface area contributed by atoms with Gasteiger partial charge in [0.2, 0.25) is 0 Å². The summed E-state index contributed by atoms with van der Waals surface area (Å²) < 4.78 is 28.7. The molecule has 1 saturated carbocycles. The van der Waals surface area contributed by atoms with E-state index in [0.29, 0.717) is 5.92 Å². The van der Waals surface area contributed by atoms with Gasteiger partial charge in [-0.2, -0.15) is 0 Å². The second-order valence-corrected chi connectivity index (χ2v) is 7.16. The smallest absolute Gasteiger partial charge is 0.263 e. The van der Waals surface area contributed by atoms with E-state index in [-0.39, 0.29) is 29.3 Å². The Morgan fingerprint density at radius 3 is 2.57 bits per heavy atom. The van der Waals surface area contributed by atoms with E-state index < -0.39 is 11.3 Å². The molecule has 3 unspecified atom stereocenters. The Balaban J connectivity index is 2.32. The number of allylic oxidation sites excluding steroid dienone is 1. The van der Waals surface area contributed by atoms with Gasteiger partial charge in [0.1, 0.15) is 5.84 Å². The normalized spacial score (nSPS) is 33.8. The molecule has 0 aromatic rings. The summed E-state index contributed by atoms with van der Waals surface area (Å²) >= 11 is 0. The Morgan fingerprint density at radius 2 is 2.14 bits per heavy atom. The summed E-state index contributed by atoms with van der Waals surface area (Å²) in [5.41, 5.74) is 4.55. The quantitative estimate of drug-likeness (QED) is 0.813. The summed E-state index contributed by atoms with van der Waals surface area (Å²) in [7, 11) is 0. The number of hydrogen-bond donors (Lipinski definition) is 1. The fraction of sp³-hybridized carbons (Fsp3) is 0.706. The maximum Gasteiger partial charge on any atom is 0.263 e. The van der Waals surface area contributed by atoms with Crippen molar-refractivity contribution in [2.75, 3.05) is 0 Å². The molecule has 1 spiro atoms. The molecular formula is C17H26F2N2. The highest BCUT2D eigenvalue weighted by atomic mass is 19.3. The highest BCUT2D eigenvalue weighted by Crippen LogP contribution is 2.66. The number of alkyl halides is 2. The van der Waals surface area contributed by atoms with E-state index in [2.05, 4.69) is 39.3 Å². The van der Waals surface area contributed by atoms with Crippen LogP contribution in [0.25, 0.3) is 0 Å². The summed E-state index contributed by atoms with van der Waals surface area (Å²) in [6.07, 6.45) is 4.70. The third-order valence-electron chi connectivity index (χ3n) is 5.92. The number of rotatable bonds is 4. The van der Waals surface area contributed by atoms with Gasteiger partial charge in [0.25, 0.3) is 5.92 Å². The average Bonchev–Trinajstić information content (AvgIpc) is 2.37. The largest absolute Gasteiger partial charge is 0.384 e. The van der Waals surface area contributed by atoms with Gasteiger partial charge in [-0.1, -0.05) is 46.8 Å². The maximum absolute atomic E-state index is 14.4. The maximum atomic E-state index is 14.4. The Labute approximate surface area is 126 Å². The van der Waals surface area contributed by atoms with Crippen molar-refractivity contribution >= 4 is 5.84 Å². The lowest BCUT2D eigenvalue weighted by Crippen LogP contribution is -2.60. The second-order valence-electron chi connectivity index (χ2n) is 7.16. The van der Waals surface area contributed by atoms with Crippen molar-refractivity contribution in [3.05, 3.63) is 24.4 Å². The van der Waals surface area contributed by atoms with Crippen molar-refractivity contribution in [3.8, 4) is 0 Å². The first-order valence-corrected chi connectivity index (χ1v) is 7.69. The van der Waals surface area contributed by atoms with Crippen LogP contribution < -0.4 is 5.73 Å². The lowest BCUT2D eigenvalue weighted by Gasteiger charge is -2.57. The summed E-state index contributed by atoms with van der Waals surface area (Å²) in [5.74, 6) is -2.20. The number of nitrogens with zero attached hydrogens (tertiary/aromatic N) is 1. The van der Waals surface area contributed by atoms with Gasteiger partial charge in [-0.15, -0.1) is 0 Å². The average molecular weight is 296 g/mol. The molecule has 118 valence electrons. The van der Waals surface area contributed by atoms with Crippen LogP contribution in [0.3, 0.4) is 0 Å². The van der Waals surface area contributed by atoms with Gasteiger partial charge in [0, 0.05) is 6.42 Å². The predicted octanol–water partition coefficient (Wildman–Crippen LogP) is 4.53. The molecule has 2 N–H and O–H groups in total. The zero-order valence-electron chi connectivity index (χ0n) is 13.4. The van der Waals surface area contributed by atoms with Gasteiger partial charge in [-0.3, -0.25) is 0 Å². The molecule has 21 heavy (non-hydrogen) atoms. The van der Waals surface area contributed by atoms with Crippen LogP contribution >= 0.6 is 0 Å². The first-order valence-electron chi connectivity index (χ1n) is 7.69. The molecule has 1 aliphatic heterocycles. The second kappa shape index (κ2) is 4.92. The SMILES string of the molecule is C=C1N=C(N)C=CC12C(CC(C)(CC)C(C)C)CC2(F)F. The topological polar surface area (TPSA) is 38.4 Å². The minimum Gasteiger partial charge on any atom is -0.384 e. The standard InChI is InChI=1S/C17H26F2N2/c1-6-15(5,11(2)3)9-13-10-17(18,19)16(13)8-7-14(20)21-12(16)4/h7-8,11,13H,4,6,9-10H2,1-3,5H3,(H2,20,21). The highest BCUT2D eigenvalue weighted by molar-refractivity contribution is 5.93. The zero-order chi connectivity index (χ0) is 16.1. The van der Waals surface area contributed by atoms with E-state index in [9.17, 15) is 8.78 Å². The van der Waals surface area contributed by atoms with Gasteiger partial charge in [-0.25, -0.2) is 13.8 Å². The van der Waals surface area contributed by atoms with Crippen LogP contribution in [0.1, 0.15) is 47.0 Å². The van der Waals surface area contributed by atoms with Crippen LogP contribution in [0.15, 0.2) is 29.4 Å². The molecule has 0 aromatic heterocycles. The van der Waals surface area contributed by atoms with E-state index in [4.69, 9.17) is 5.73 Å². The molecule has 2 rings (SSSR count). The molecule has 2 aliphatic rings. The van der Waals surface area contributed by atoms with E-state index in [1.54, 1.807) is 6.08 Å². The lowest BCUT2D eigenvalue weighted by atomic mass is 9.50. The van der Waals surface area contributed by atoms with Crippen molar-refractivity contribution in [3.63, 3.8) is 0 Å². The molecule has 3 atom stereocenters. The first kappa shape index (κ1) is 16.2. The Morgan fingerprint density at radius 1 is 1.52 bits per heavy atom. The van der Waals surface area contributed by atoms with Crippen LogP contribution in [0, 0.1) is 22.7 Å². The van der Waals surface area contributed by atoms with Gasteiger partial charge in [0.05, 0.1) is 11.1 Å². The summed E-state index contributed by atoms with van der Waals surface area (Å²) in [6.45, 7) is 12.4. The van der Waals surface area contributed by atoms with E-state index >= 15 is 0 Å². The monoisotopic (exact) mass is 296 g/mol. The van der Waals surface area contributed by atoms with Crippen molar-refractivity contribution < 1.29 is 8.78 Å². The molecule has 0 amide bonds. The van der Waals surface area contributed by atoms with Crippen LogP contribution in [0.5, 0.6) is 0 Å². The third kappa shape index (κ3) is 2.23. The minimum atomic E-state index is -2.78. The number of nitrogens with two attached hydrogens (primary N) is 1. The van der Waals surface area contributed by atoms with E-state index in [1.165, 1.54) is 6.08 Å². The number of dihydropyridines is 1. The molecule has 0 aromatic carbocycles. The van der Waals surface area contributed by atoms with Crippen LogP contribution in [0.2, 0.25) is 0 Å². The minimum absolute atomic E-state index is 0.0506. The van der Waals surface area contributed by atoms with Crippen molar-refractivity contribution in [1.29, 1.82) is 0 Å². The number of amidine groups is 1. The van der Waals surface area contributed by atoms with Gasteiger partial charge >= 0.3 is 0 Å². The molecule has 1 fully saturated rings. The van der Waals surface area contributed by atoms with Crippen LogP contribution in [-0.4, -0.2) is 11.8 Å². The van der Waals surface area contributed by atoms with Crippen LogP contribution in [-0.2, 0) is 0 Å². The Hall–Kier alpha value is -1.19. The van der Waals surface area contributed by atoms with Gasteiger partial charge in [-0.05, 0) is 29.7 Å². The number of halogens is 2. The predicted molar refractivity (Wildman–Crippen MR) is 83.2 cm³/mol. The summed E-state index contributed by atoms with van der Waals surface area (Å²) in [5, 5.41) is 0. The number of hydrogen-bond acceptors (Lipinski definition) is 2. The molecule has 1 heterocycles. The molecular weight excluding hydrogens is 270 g/mol. The summed E-state index contributed by atoms with van der Waals surface area (Å²) in [4.78, 5) is 4.04. The van der Waals surface area contributed by atoms with Crippen molar-refractivity contribution in [2.24, 2.45) is 33.4 Å². The van der Waals surface area contributed by atoms with Crippen molar-refractivity contribution in [1.82, 2.24) is 0 Å².